The molecule has 0 aromatic heterocycles. The summed E-state index contributed by atoms with van der Waals surface area (Å²) in [6, 6.07) is 7.25. The van der Waals surface area contributed by atoms with Crippen molar-refractivity contribution in [2.45, 2.75) is 13.0 Å². The first-order valence-corrected chi connectivity index (χ1v) is 5.38. The van der Waals surface area contributed by atoms with Crippen LogP contribution in [0, 0.1) is 5.92 Å². The number of carbonyl (C=O) groups excluding carboxylic acids is 1. The quantitative estimate of drug-likeness (QED) is 0.805. The molecule has 1 atom stereocenters. The van der Waals surface area contributed by atoms with Gasteiger partial charge in [0, 0.05) is 17.9 Å². The molecule has 16 heavy (non-hydrogen) atoms. The first-order chi connectivity index (χ1) is 7.81. The Morgan fingerprint density at radius 1 is 1.50 bits per heavy atom. The van der Waals surface area contributed by atoms with Gasteiger partial charge in [0.1, 0.15) is 0 Å². The van der Waals surface area contributed by atoms with E-state index in [2.05, 4.69) is 5.32 Å². The molecular weight excluding hydrogens is 206 g/mol. The molecule has 1 unspecified atom stereocenters. The highest BCUT2D eigenvalue weighted by Crippen LogP contribution is 2.18. The Hall–Kier alpha value is -1.39. The van der Waals surface area contributed by atoms with Crippen molar-refractivity contribution in [3.63, 3.8) is 0 Å². The summed E-state index contributed by atoms with van der Waals surface area (Å²) >= 11 is 0. The van der Waals surface area contributed by atoms with Gasteiger partial charge in [-0.1, -0.05) is 18.2 Å². The summed E-state index contributed by atoms with van der Waals surface area (Å²) in [6.07, 6.45) is 0.771. The SMILES string of the molecule is O=C(Nc1ccccc1CO)C1CCOC1. The van der Waals surface area contributed by atoms with E-state index in [1.54, 1.807) is 12.1 Å². The molecule has 1 saturated heterocycles. The Morgan fingerprint density at radius 2 is 2.31 bits per heavy atom. The lowest BCUT2D eigenvalue weighted by Crippen LogP contribution is -2.23. The lowest BCUT2D eigenvalue weighted by atomic mass is 10.1. The molecule has 86 valence electrons. The van der Waals surface area contributed by atoms with Crippen molar-refractivity contribution in [2.75, 3.05) is 18.5 Å². The number of nitrogens with one attached hydrogen (secondary N) is 1. The summed E-state index contributed by atoms with van der Waals surface area (Å²) in [4.78, 5) is 11.8. The maximum atomic E-state index is 11.8. The van der Waals surface area contributed by atoms with Crippen LogP contribution in [0.15, 0.2) is 24.3 Å². The molecule has 1 heterocycles. The van der Waals surface area contributed by atoms with Gasteiger partial charge in [-0.15, -0.1) is 0 Å². The molecule has 2 N–H and O–H groups in total. The van der Waals surface area contributed by atoms with Crippen LogP contribution < -0.4 is 5.32 Å². The molecule has 1 aromatic carbocycles. The molecule has 0 saturated carbocycles. The number of rotatable bonds is 3. The smallest absolute Gasteiger partial charge is 0.229 e. The molecular formula is C12H15NO3. The van der Waals surface area contributed by atoms with Gasteiger partial charge in [-0.3, -0.25) is 4.79 Å². The topological polar surface area (TPSA) is 58.6 Å². The zero-order valence-electron chi connectivity index (χ0n) is 8.98. The van der Waals surface area contributed by atoms with Crippen LogP contribution in [0.1, 0.15) is 12.0 Å². The Morgan fingerprint density at radius 3 is 3.00 bits per heavy atom. The normalized spacial score (nSPS) is 19.7. The molecule has 1 aromatic rings. The number of amides is 1. The number of anilines is 1. The Kier molecular flexibility index (Phi) is 3.54. The monoisotopic (exact) mass is 221 g/mol. The lowest BCUT2D eigenvalue weighted by molar-refractivity contribution is -0.119. The highest BCUT2D eigenvalue weighted by Gasteiger charge is 2.23. The minimum atomic E-state index is -0.0718. The van der Waals surface area contributed by atoms with Crippen LogP contribution in [0.25, 0.3) is 0 Å². The van der Waals surface area contributed by atoms with E-state index in [0.717, 1.165) is 12.0 Å². The molecule has 0 radical (unpaired) electrons. The zero-order valence-corrected chi connectivity index (χ0v) is 8.98. The third-order valence-electron chi connectivity index (χ3n) is 2.75. The van der Waals surface area contributed by atoms with E-state index >= 15 is 0 Å². The van der Waals surface area contributed by atoms with Crippen molar-refractivity contribution in [1.29, 1.82) is 0 Å². The summed E-state index contributed by atoms with van der Waals surface area (Å²) in [6.45, 7) is 1.07. The minimum Gasteiger partial charge on any atom is -0.392 e. The first-order valence-electron chi connectivity index (χ1n) is 5.38. The van der Waals surface area contributed by atoms with Crippen LogP contribution in [-0.4, -0.2) is 24.2 Å². The largest absolute Gasteiger partial charge is 0.392 e. The van der Waals surface area contributed by atoms with Gasteiger partial charge < -0.3 is 15.2 Å². The first kappa shape index (κ1) is 11.1. The second kappa shape index (κ2) is 5.09. The van der Waals surface area contributed by atoms with Crippen molar-refractivity contribution >= 4 is 11.6 Å². The predicted octanol–water partition coefficient (Wildman–Crippen LogP) is 1.15. The molecule has 0 bridgehead atoms. The molecule has 4 heteroatoms. The number of para-hydroxylation sites is 1. The van der Waals surface area contributed by atoms with Gasteiger partial charge in [0.15, 0.2) is 0 Å². The fourth-order valence-electron chi connectivity index (χ4n) is 1.76. The molecule has 2 rings (SSSR count). The third kappa shape index (κ3) is 2.40. The molecule has 1 amide bonds. The van der Waals surface area contributed by atoms with Gasteiger partial charge in [0.2, 0.25) is 5.91 Å². The summed E-state index contributed by atoms with van der Waals surface area (Å²) in [5.41, 5.74) is 1.41. The van der Waals surface area contributed by atoms with Crippen molar-refractivity contribution < 1.29 is 14.6 Å². The Bertz CT molecular complexity index is 372. The fourth-order valence-corrected chi connectivity index (χ4v) is 1.76. The number of aliphatic hydroxyl groups excluding tert-OH is 1. The van der Waals surface area contributed by atoms with Gasteiger partial charge in [0.05, 0.1) is 19.1 Å². The average molecular weight is 221 g/mol. The van der Waals surface area contributed by atoms with Gasteiger partial charge >= 0.3 is 0 Å². The maximum absolute atomic E-state index is 11.8. The fraction of sp³-hybridized carbons (Fsp3) is 0.417. The molecule has 1 aliphatic rings. The van der Waals surface area contributed by atoms with Crippen molar-refractivity contribution in [3.05, 3.63) is 29.8 Å². The molecule has 0 spiro atoms. The second-order valence-electron chi connectivity index (χ2n) is 3.87. The zero-order chi connectivity index (χ0) is 11.4. The van der Waals surface area contributed by atoms with E-state index in [1.807, 2.05) is 12.1 Å². The number of ether oxygens (including phenoxy) is 1. The van der Waals surface area contributed by atoms with Crippen LogP contribution >= 0.6 is 0 Å². The average Bonchev–Trinajstić information content (AvgIpc) is 2.83. The number of benzene rings is 1. The molecule has 4 nitrogen and oxygen atoms in total. The highest BCUT2D eigenvalue weighted by atomic mass is 16.5. The second-order valence-corrected chi connectivity index (χ2v) is 3.87. The van der Waals surface area contributed by atoms with E-state index in [4.69, 9.17) is 9.84 Å². The summed E-state index contributed by atoms with van der Waals surface area (Å²) in [7, 11) is 0. The van der Waals surface area contributed by atoms with Gasteiger partial charge in [-0.2, -0.15) is 0 Å². The van der Waals surface area contributed by atoms with Crippen LogP contribution in [-0.2, 0) is 16.1 Å². The third-order valence-corrected chi connectivity index (χ3v) is 2.75. The molecule has 1 fully saturated rings. The van der Waals surface area contributed by atoms with E-state index in [-0.39, 0.29) is 18.4 Å². The summed E-state index contributed by atoms with van der Waals surface area (Å²) < 4.78 is 5.16. The van der Waals surface area contributed by atoms with Gasteiger partial charge in [-0.25, -0.2) is 0 Å². The van der Waals surface area contributed by atoms with E-state index in [0.29, 0.717) is 18.9 Å². The lowest BCUT2D eigenvalue weighted by Gasteiger charge is -2.11. The van der Waals surface area contributed by atoms with Crippen LogP contribution in [0.5, 0.6) is 0 Å². The summed E-state index contributed by atoms with van der Waals surface area (Å²) in [5, 5.41) is 11.9. The highest BCUT2D eigenvalue weighted by molar-refractivity contribution is 5.93. The van der Waals surface area contributed by atoms with E-state index in [1.165, 1.54) is 0 Å². The van der Waals surface area contributed by atoms with E-state index < -0.39 is 0 Å². The maximum Gasteiger partial charge on any atom is 0.229 e. The predicted molar refractivity (Wildman–Crippen MR) is 59.9 cm³/mol. The van der Waals surface area contributed by atoms with Crippen molar-refractivity contribution in [1.82, 2.24) is 0 Å². The number of carbonyl (C=O) groups is 1. The molecule has 1 aliphatic heterocycles. The van der Waals surface area contributed by atoms with Crippen LogP contribution in [0.3, 0.4) is 0 Å². The van der Waals surface area contributed by atoms with E-state index in [9.17, 15) is 4.79 Å². The minimum absolute atomic E-state index is 0.0293. The number of hydrogen-bond acceptors (Lipinski definition) is 3. The molecule has 0 aliphatic carbocycles. The van der Waals surface area contributed by atoms with Crippen molar-refractivity contribution in [3.8, 4) is 0 Å². The van der Waals surface area contributed by atoms with Gasteiger partial charge in [0.25, 0.3) is 0 Å². The standard InChI is InChI=1S/C12H15NO3/c14-7-9-3-1-2-4-11(9)13-12(15)10-5-6-16-8-10/h1-4,10,14H,5-8H2,(H,13,15). The van der Waals surface area contributed by atoms with Gasteiger partial charge in [-0.05, 0) is 12.5 Å². The van der Waals surface area contributed by atoms with Crippen molar-refractivity contribution in [2.24, 2.45) is 5.92 Å². The van der Waals surface area contributed by atoms with Crippen LogP contribution in [0.4, 0.5) is 5.69 Å². The Balaban J connectivity index is 2.05. The number of aliphatic hydroxyl groups is 1. The Labute approximate surface area is 94.2 Å². The van der Waals surface area contributed by atoms with Crippen LogP contribution in [0.2, 0.25) is 0 Å². The number of hydrogen-bond donors (Lipinski definition) is 2. The summed E-state index contributed by atoms with van der Waals surface area (Å²) in [5.74, 6) is -0.0925.